The van der Waals surface area contributed by atoms with Gasteiger partial charge in [0.1, 0.15) is 5.60 Å². The van der Waals surface area contributed by atoms with E-state index in [9.17, 15) is 13.6 Å². The molecule has 146 valence electrons. The van der Waals surface area contributed by atoms with Crippen molar-refractivity contribution in [3.63, 3.8) is 0 Å². The summed E-state index contributed by atoms with van der Waals surface area (Å²) in [5.41, 5.74) is 1.27. The van der Waals surface area contributed by atoms with Crippen LogP contribution in [0.3, 0.4) is 0 Å². The fourth-order valence-electron chi connectivity index (χ4n) is 2.79. The minimum atomic E-state index is -2.50. The number of benzene rings is 1. The van der Waals surface area contributed by atoms with Gasteiger partial charge in [-0.2, -0.15) is 0 Å². The van der Waals surface area contributed by atoms with E-state index in [0.29, 0.717) is 0 Å². The van der Waals surface area contributed by atoms with E-state index in [0.717, 1.165) is 37.6 Å². The van der Waals surface area contributed by atoms with Gasteiger partial charge < -0.3 is 14.2 Å². The van der Waals surface area contributed by atoms with Gasteiger partial charge in [0.15, 0.2) is 0 Å². The SMILES string of the molecule is C1COCCO1.CC(C)(C)OC(=O)Cc1ccc(C2CC(F)(F)C2)cc1. The lowest BCUT2D eigenvalue weighted by atomic mass is 9.76. The second kappa shape index (κ2) is 8.91. The molecule has 1 heterocycles. The molecule has 3 rings (SSSR count). The third-order valence-electron chi connectivity index (χ3n) is 4.05. The van der Waals surface area contributed by atoms with E-state index < -0.39 is 11.5 Å². The van der Waals surface area contributed by atoms with Gasteiger partial charge in [-0.1, -0.05) is 24.3 Å². The molecule has 0 aromatic heterocycles. The molecule has 4 nitrogen and oxygen atoms in total. The number of carbonyl (C=O) groups is 1. The topological polar surface area (TPSA) is 44.8 Å². The predicted molar refractivity (Wildman–Crippen MR) is 94.6 cm³/mol. The van der Waals surface area contributed by atoms with E-state index in [4.69, 9.17) is 14.2 Å². The molecular formula is C20H28F2O4. The predicted octanol–water partition coefficient (Wildman–Crippen LogP) is 4.12. The Morgan fingerprint density at radius 2 is 1.58 bits per heavy atom. The number of carbonyl (C=O) groups excluding carboxylic acids is 1. The molecule has 0 atom stereocenters. The Bertz CT molecular complexity index is 555. The average Bonchev–Trinajstić information content (AvgIpc) is 2.54. The quantitative estimate of drug-likeness (QED) is 0.751. The summed E-state index contributed by atoms with van der Waals surface area (Å²) in [4.78, 5) is 11.7. The fourth-order valence-corrected chi connectivity index (χ4v) is 2.79. The van der Waals surface area contributed by atoms with E-state index in [2.05, 4.69) is 0 Å². The van der Waals surface area contributed by atoms with Crippen LogP contribution in [0.1, 0.15) is 50.7 Å². The van der Waals surface area contributed by atoms with Crippen LogP contribution in [0.25, 0.3) is 0 Å². The number of ether oxygens (including phenoxy) is 3. The molecule has 0 amide bonds. The van der Waals surface area contributed by atoms with Crippen molar-refractivity contribution in [1.82, 2.24) is 0 Å². The van der Waals surface area contributed by atoms with Gasteiger partial charge in [-0.3, -0.25) is 4.79 Å². The second-order valence-electron chi connectivity index (χ2n) is 7.69. The minimum absolute atomic E-state index is 0.0550. The van der Waals surface area contributed by atoms with Gasteiger partial charge in [-0.05, 0) is 37.8 Å². The number of rotatable bonds is 3. The zero-order valence-corrected chi connectivity index (χ0v) is 15.7. The average molecular weight is 370 g/mol. The van der Waals surface area contributed by atoms with Crippen LogP contribution in [0, 0.1) is 0 Å². The van der Waals surface area contributed by atoms with Crippen LogP contribution in [0.15, 0.2) is 24.3 Å². The van der Waals surface area contributed by atoms with Crippen LogP contribution in [0.2, 0.25) is 0 Å². The third-order valence-corrected chi connectivity index (χ3v) is 4.05. The molecule has 2 aliphatic rings. The van der Waals surface area contributed by atoms with Crippen LogP contribution in [0.5, 0.6) is 0 Å². The lowest BCUT2D eigenvalue weighted by Crippen LogP contribution is -2.33. The molecule has 0 unspecified atom stereocenters. The molecule has 0 N–H and O–H groups in total. The number of halogens is 2. The Balaban J connectivity index is 0.000000342. The van der Waals surface area contributed by atoms with Crippen LogP contribution in [-0.2, 0) is 25.4 Å². The summed E-state index contributed by atoms with van der Waals surface area (Å²) in [7, 11) is 0. The molecule has 1 aliphatic heterocycles. The molecule has 1 aromatic rings. The molecule has 1 aromatic carbocycles. The lowest BCUT2D eigenvalue weighted by molar-refractivity contribution is -0.153. The Morgan fingerprint density at radius 1 is 1.08 bits per heavy atom. The molecule has 2 fully saturated rings. The Morgan fingerprint density at radius 3 is 1.96 bits per heavy atom. The van der Waals surface area contributed by atoms with Crippen molar-refractivity contribution in [3.8, 4) is 0 Å². The van der Waals surface area contributed by atoms with Gasteiger partial charge in [-0.25, -0.2) is 8.78 Å². The highest BCUT2D eigenvalue weighted by Gasteiger charge is 2.45. The van der Waals surface area contributed by atoms with E-state index in [1.54, 1.807) is 0 Å². The van der Waals surface area contributed by atoms with Crippen molar-refractivity contribution >= 4 is 5.97 Å². The fraction of sp³-hybridized carbons (Fsp3) is 0.650. The second-order valence-corrected chi connectivity index (χ2v) is 7.69. The lowest BCUT2D eigenvalue weighted by Gasteiger charge is -2.35. The van der Waals surface area contributed by atoms with Crippen LogP contribution < -0.4 is 0 Å². The summed E-state index contributed by atoms with van der Waals surface area (Å²) in [6.07, 6.45) is 0.0647. The summed E-state index contributed by atoms with van der Waals surface area (Å²) in [6, 6.07) is 7.30. The number of esters is 1. The Kier molecular flexibility index (Phi) is 7.12. The van der Waals surface area contributed by atoms with Crippen molar-refractivity contribution in [2.24, 2.45) is 0 Å². The molecule has 26 heavy (non-hydrogen) atoms. The molecule has 0 radical (unpaired) electrons. The van der Waals surface area contributed by atoms with Crippen LogP contribution in [0.4, 0.5) is 8.78 Å². The first-order valence-corrected chi connectivity index (χ1v) is 8.99. The number of hydrogen-bond donors (Lipinski definition) is 0. The van der Waals surface area contributed by atoms with Crippen molar-refractivity contribution in [2.75, 3.05) is 26.4 Å². The maximum Gasteiger partial charge on any atom is 0.310 e. The summed E-state index contributed by atoms with van der Waals surface area (Å²) in [6.45, 7) is 8.58. The van der Waals surface area contributed by atoms with Crippen LogP contribution in [-0.4, -0.2) is 43.9 Å². The van der Waals surface area contributed by atoms with Gasteiger partial charge in [0.25, 0.3) is 0 Å². The zero-order chi connectivity index (χ0) is 19.2. The van der Waals surface area contributed by atoms with Crippen molar-refractivity contribution in [1.29, 1.82) is 0 Å². The van der Waals surface area contributed by atoms with Crippen LogP contribution >= 0.6 is 0 Å². The highest BCUT2D eigenvalue weighted by molar-refractivity contribution is 5.73. The first-order chi connectivity index (χ1) is 12.1. The summed E-state index contributed by atoms with van der Waals surface area (Å²) in [5.74, 6) is -2.83. The molecule has 1 aliphatic carbocycles. The maximum absolute atomic E-state index is 12.8. The number of alkyl halides is 2. The van der Waals surface area contributed by atoms with Gasteiger partial charge in [0.05, 0.1) is 32.8 Å². The van der Waals surface area contributed by atoms with E-state index in [1.807, 2.05) is 45.0 Å². The smallest absolute Gasteiger partial charge is 0.310 e. The van der Waals surface area contributed by atoms with Crippen molar-refractivity contribution in [3.05, 3.63) is 35.4 Å². The first-order valence-electron chi connectivity index (χ1n) is 8.99. The number of hydrogen-bond acceptors (Lipinski definition) is 4. The first kappa shape index (κ1) is 20.8. The highest BCUT2D eigenvalue weighted by Crippen LogP contribution is 2.48. The molecular weight excluding hydrogens is 342 g/mol. The van der Waals surface area contributed by atoms with Gasteiger partial charge in [-0.15, -0.1) is 0 Å². The normalized spacial score (nSPS) is 19.7. The molecule has 6 heteroatoms. The van der Waals surface area contributed by atoms with Gasteiger partial charge in [0, 0.05) is 12.8 Å². The summed E-state index contributed by atoms with van der Waals surface area (Å²) in [5, 5.41) is 0. The molecule has 1 saturated carbocycles. The van der Waals surface area contributed by atoms with Crippen molar-refractivity contribution < 1.29 is 27.8 Å². The standard InChI is InChI=1S/C16H20F2O2.C4H8O2/c1-15(2,3)20-14(19)8-11-4-6-12(7-5-11)13-9-16(17,18)10-13;1-2-6-4-3-5-1/h4-7,13H,8-10H2,1-3H3;1-4H2. The van der Waals surface area contributed by atoms with E-state index in [-0.39, 0.29) is 31.1 Å². The zero-order valence-electron chi connectivity index (χ0n) is 15.7. The minimum Gasteiger partial charge on any atom is -0.460 e. The van der Waals surface area contributed by atoms with Crippen molar-refractivity contribution in [2.45, 2.75) is 57.5 Å². The monoisotopic (exact) mass is 370 g/mol. The molecule has 0 bridgehead atoms. The van der Waals surface area contributed by atoms with E-state index >= 15 is 0 Å². The Hall–Kier alpha value is -1.53. The van der Waals surface area contributed by atoms with Gasteiger partial charge in [0.2, 0.25) is 5.92 Å². The Labute approximate surface area is 153 Å². The van der Waals surface area contributed by atoms with Gasteiger partial charge >= 0.3 is 5.97 Å². The summed E-state index contributed by atoms with van der Waals surface area (Å²) >= 11 is 0. The highest BCUT2D eigenvalue weighted by atomic mass is 19.3. The third kappa shape index (κ3) is 7.38. The largest absolute Gasteiger partial charge is 0.460 e. The maximum atomic E-state index is 12.8. The summed E-state index contributed by atoms with van der Waals surface area (Å²) < 4.78 is 40.8. The van der Waals surface area contributed by atoms with E-state index in [1.165, 1.54) is 0 Å². The molecule has 0 spiro atoms. The molecule has 1 saturated heterocycles.